The number of amides is 2. The molecule has 1 aliphatic heterocycles. The van der Waals surface area contributed by atoms with Crippen LogP contribution in [0, 0.1) is 40.9 Å². The lowest BCUT2D eigenvalue weighted by atomic mass is 9.49. The molecule has 1 N–H and O–H groups in total. The highest BCUT2D eigenvalue weighted by atomic mass is 16.5. The molecule has 0 unspecified atom stereocenters. The van der Waals surface area contributed by atoms with E-state index < -0.39 is 0 Å². The quantitative estimate of drug-likeness (QED) is 0.593. The van der Waals surface area contributed by atoms with E-state index in [9.17, 15) is 14.4 Å². The van der Waals surface area contributed by atoms with Gasteiger partial charge < -0.3 is 15.0 Å². The lowest BCUT2D eigenvalue weighted by molar-refractivity contribution is -0.155. The molecule has 2 amide bonds. The highest BCUT2D eigenvalue weighted by Gasteiger charge is 2.60. The number of hydrogen-bond acceptors (Lipinski definition) is 4. The number of carbonyl (C=O) groups excluding carboxylic acids is 3. The second kappa shape index (κ2) is 9.46. The van der Waals surface area contributed by atoms with E-state index in [-0.39, 0.29) is 34.8 Å². The van der Waals surface area contributed by atoms with Crippen LogP contribution in [0.3, 0.4) is 0 Å². The summed E-state index contributed by atoms with van der Waals surface area (Å²) in [5.41, 5.74) is -0.0425. The number of nitrogens with one attached hydrogen (secondary N) is 1. The molecular formula is C28H46N2O4. The summed E-state index contributed by atoms with van der Waals surface area (Å²) in [6.07, 6.45) is 9.69. The average molecular weight is 475 g/mol. The molecule has 4 rings (SSSR count). The number of esters is 1. The zero-order valence-electron chi connectivity index (χ0n) is 22.2. The minimum atomic E-state index is -0.185. The van der Waals surface area contributed by atoms with E-state index in [2.05, 4.69) is 26.1 Å². The fraction of sp³-hybridized carbons (Fsp3) is 0.893. The molecule has 6 nitrogen and oxygen atoms in total. The normalized spacial score (nSPS) is 42.4. The Labute approximate surface area is 205 Å². The van der Waals surface area contributed by atoms with Crippen molar-refractivity contribution in [3.05, 3.63) is 0 Å². The molecule has 0 aromatic heterocycles. The SMILES string of the molecule is CC(=O)O[C@H]1CC[C@@]2(C)[C@H](CC[C@@H]3[C@@H]2CC(=O)N[C@]2(C)[C@@H]([C@H](C)CCC(=O)N(C)C)CC[C@@H]32)C1. The maximum absolute atomic E-state index is 13.4. The number of hydrogen-bond donors (Lipinski definition) is 1. The molecule has 1 heterocycles. The van der Waals surface area contributed by atoms with Crippen molar-refractivity contribution < 1.29 is 19.1 Å². The van der Waals surface area contributed by atoms with Crippen LogP contribution in [0.25, 0.3) is 0 Å². The van der Waals surface area contributed by atoms with Gasteiger partial charge in [0.15, 0.2) is 0 Å². The van der Waals surface area contributed by atoms with Gasteiger partial charge in [0.2, 0.25) is 11.8 Å². The lowest BCUT2D eigenvalue weighted by Crippen LogP contribution is -2.55. The van der Waals surface area contributed by atoms with Crippen molar-refractivity contribution in [3.8, 4) is 0 Å². The van der Waals surface area contributed by atoms with Crippen molar-refractivity contribution >= 4 is 17.8 Å². The Hall–Kier alpha value is -1.59. The smallest absolute Gasteiger partial charge is 0.302 e. The van der Waals surface area contributed by atoms with Crippen LogP contribution in [0.4, 0.5) is 0 Å². The minimum Gasteiger partial charge on any atom is -0.463 e. The third-order valence-electron chi connectivity index (χ3n) is 10.7. The van der Waals surface area contributed by atoms with Crippen LogP contribution < -0.4 is 5.32 Å². The van der Waals surface area contributed by atoms with Crippen LogP contribution in [0.1, 0.15) is 91.9 Å². The number of rotatable bonds is 5. The Balaban J connectivity index is 1.52. The lowest BCUT2D eigenvalue weighted by Gasteiger charge is -2.56. The summed E-state index contributed by atoms with van der Waals surface area (Å²) in [6.45, 7) is 8.53. The highest BCUT2D eigenvalue weighted by Crippen LogP contribution is 2.62. The summed E-state index contributed by atoms with van der Waals surface area (Å²) >= 11 is 0. The Morgan fingerprint density at radius 1 is 1.12 bits per heavy atom. The summed E-state index contributed by atoms with van der Waals surface area (Å²) in [4.78, 5) is 38.8. The number of ether oxygens (including phenoxy) is 1. The molecule has 3 aliphatic carbocycles. The molecule has 4 fully saturated rings. The predicted molar refractivity (Wildman–Crippen MR) is 132 cm³/mol. The average Bonchev–Trinajstić information content (AvgIpc) is 3.02. The van der Waals surface area contributed by atoms with Crippen LogP contribution in [-0.2, 0) is 19.1 Å². The van der Waals surface area contributed by atoms with Crippen molar-refractivity contribution in [2.45, 2.75) is 104 Å². The molecule has 4 aliphatic rings. The topological polar surface area (TPSA) is 75.7 Å². The van der Waals surface area contributed by atoms with Crippen molar-refractivity contribution in [1.29, 1.82) is 0 Å². The fourth-order valence-corrected chi connectivity index (χ4v) is 8.89. The Morgan fingerprint density at radius 3 is 2.53 bits per heavy atom. The Morgan fingerprint density at radius 2 is 1.85 bits per heavy atom. The van der Waals surface area contributed by atoms with Gasteiger partial charge in [0, 0.05) is 39.4 Å². The standard InChI is InChI=1S/C28H46N2O4/c1-17(7-12-26(33)30(5)6)22-10-11-23-21-9-8-19-15-20(34-18(2)31)13-14-27(19,3)24(21)16-25(32)29-28(22,23)4/h17,19-24H,7-16H2,1-6H3,(H,29,32)/t17-,19-,20+,21+,22-,23+,24+,27+,28-/m1/s1. The van der Waals surface area contributed by atoms with Crippen molar-refractivity contribution in [2.75, 3.05) is 14.1 Å². The molecule has 9 atom stereocenters. The number of fused-ring (bicyclic) bond motifs is 5. The minimum absolute atomic E-state index is 0.0404. The van der Waals surface area contributed by atoms with Gasteiger partial charge in [-0.1, -0.05) is 13.8 Å². The van der Waals surface area contributed by atoms with E-state index in [1.54, 1.807) is 4.90 Å². The molecule has 0 aromatic carbocycles. The summed E-state index contributed by atoms with van der Waals surface area (Å²) in [7, 11) is 3.64. The van der Waals surface area contributed by atoms with E-state index in [1.165, 1.54) is 26.2 Å². The van der Waals surface area contributed by atoms with Gasteiger partial charge in [-0.3, -0.25) is 14.4 Å². The van der Waals surface area contributed by atoms with E-state index in [4.69, 9.17) is 4.74 Å². The molecular weight excluding hydrogens is 428 g/mol. The summed E-state index contributed by atoms with van der Waals surface area (Å²) in [6, 6.07) is 0. The molecule has 34 heavy (non-hydrogen) atoms. The van der Waals surface area contributed by atoms with Crippen LogP contribution >= 0.6 is 0 Å². The zero-order valence-corrected chi connectivity index (χ0v) is 22.2. The molecule has 1 saturated heterocycles. The van der Waals surface area contributed by atoms with E-state index in [0.29, 0.717) is 48.3 Å². The first-order valence-corrected chi connectivity index (χ1v) is 13.6. The van der Waals surface area contributed by atoms with Gasteiger partial charge >= 0.3 is 5.97 Å². The van der Waals surface area contributed by atoms with Gasteiger partial charge in [-0.15, -0.1) is 0 Å². The Kier molecular flexibility index (Phi) is 7.10. The molecule has 0 spiro atoms. The fourth-order valence-electron chi connectivity index (χ4n) is 8.89. The van der Waals surface area contributed by atoms with Gasteiger partial charge in [-0.05, 0) is 99.2 Å². The second-order valence-electron chi connectivity index (χ2n) is 12.7. The molecule has 192 valence electrons. The van der Waals surface area contributed by atoms with Crippen molar-refractivity contribution in [2.24, 2.45) is 40.9 Å². The van der Waals surface area contributed by atoms with Gasteiger partial charge in [0.1, 0.15) is 6.10 Å². The van der Waals surface area contributed by atoms with Crippen LogP contribution in [-0.4, -0.2) is 48.4 Å². The first-order valence-electron chi connectivity index (χ1n) is 13.6. The predicted octanol–water partition coefficient (Wildman–Crippen LogP) is 4.56. The molecule has 3 saturated carbocycles. The van der Waals surface area contributed by atoms with Gasteiger partial charge in [-0.25, -0.2) is 0 Å². The zero-order chi connectivity index (χ0) is 24.8. The van der Waals surface area contributed by atoms with Gasteiger partial charge in [-0.2, -0.15) is 0 Å². The maximum atomic E-state index is 13.4. The van der Waals surface area contributed by atoms with Gasteiger partial charge in [0.25, 0.3) is 0 Å². The first kappa shape index (κ1) is 25.5. The second-order valence-corrected chi connectivity index (χ2v) is 12.7. The van der Waals surface area contributed by atoms with Crippen LogP contribution in [0.2, 0.25) is 0 Å². The van der Waals surface area contributed by atoms with Gasteiger partial charge in [0.05, 0.1) is 0 Å². The molecule has 6 heteroatoms. The van der Waals surface area contributed by atoms with Crippen LogP contribution in [0.5, 0.6) is 0 Å². The monoisotopic (exact) mass is 474 g/mol. The van der Waals surface area contributed by atoms with Crippen LogP contribution in [0.15, 0.2) is 0 Å². The number of carbonyl (C=O) groups is 3. The number of nitrogens with zero attached hydrogens (tertiary/aromatic N) is 1. The van der Waals surface area contributed by atoms with E-state index in [1.807, 2.05) is 14.1 Å². The van der Waals surface area contributed by atoms with E-state index >= 15 is 0 Å². The third kappa shape index (κ3) is 4.51. The first-order chi connectivity index (χ1) is 16.0. The van der Waals surface area contributed by atoms with Crippen molar-refractivity contribution in [3.63, 3.8) is 0 Å². The maximum Gasteiger partial charge on any atom is 0.302 e. The Bertz CT molecular complexity index is 812. The third-order valence-corrected chi connectivity index (χ3v) is 10.7. The molecule has 0 aromatic rings. The summed E-state index contributed by atoms with van der Waals surface area (Å²) in [5, 5.41) is 3.56. The molecule has 0 bridgehead atoms. The summed E-state index contributed by atoms with van der Waals surface area (Å²) < 4.78 is 5.60. The van der Waals surface area contributed by atoms with E-state index in [0.717, 1.165) is 32.1 Å². The molecule has 0 radical (unpaired) electrons. The largest absolute Gasteiger partial charge is 0.463 e. The van der Waals surface area contributed by atoms with Crippen molar-refractivity contribution in [1.82, 2.24) is 10.2 Å². The summed E-state index contributed by atoms with van der Waals surface area (Å²) in [5.74, 6) is 3.05. The highest BCUT2D eigenvalue weighted by molar-refractivity contribution is 5.78.